The van der Waals surface area contributed by atoms with Gasteiger partial charge in [0.15, 0.2) is 0 Å². The molecule has 0 fully saturated rings. The van der Waals surface area contributed by atoms with Crippen LogP contribution < -0.4 is 4.74 Å². The Labute approximate surface area is 149 Å². The molecule has 1 N–H and O–H groups in total. The number of rotatable bonds is 5. The van der Waals surface area contributed by atoms with Gasteiger partial charge < -0.3 is 9.84 Å². The van der Waals surface area contributed by atoms with Crippen molar-refractivity contribution in [3.8, 4) is 5.75 Å². The minimum atomic E-state index is -5.94. The zero-order valence-corrected chi connectivity index (χ0v) is 13.9. The number of benzene rings is 2. The number of hydrogen-bond acceptors (Lipinski definition) is 6. The second-order valence-electron chi connectivity index (χ2n) is 5.13. The predicted octanol–water partition coefficient (Wildman–Crippen LogP) is 3.68. The molecule has 0 saturated heterocycles. The van der Waals surface area contributed by atoms with E-state index in [1.54, 1.807) is 0 Å². The first-order valence-electron chi connectivity index (χ1n) is 6.99. The standard InChI is InChI=1S/C15H10F3NO7S/c16-15(17,18)27(24,25)13(9-4-2-1-3-5-9)11-8-10(19(22)23)6-7-12(11)26-14(20)21/h1-8,13H,(H,20,21). The third-order valence-electron chi connectivity index (χ3n) is 3.42. The summed E-state index contributed by atoms with van der Waals surface area (Å²) >= 11 is 0. The third kappa shape index (κ3) is 4.16. The molecule has 0 heterocycles. The monoisotopic (exact) mass is 405 g/mol. The van der Waals surface area contributed by atoms with Crippen LogP contribution in [0, 0.1) is 10.1 Å². The summed E-state index contributed by atoms with van der Waals surface area (Å²) in [6, 6.07) is 8.14. The van der Waals surface area contributed by atoms with E-state index in [0.717, 1.165) is 24.3 Å². The molecule has 0 aliphatic carbocycles. The van der Waals surface area contributed by atoms with Crippen molar-refractivity contribution in [2.24, 2.45) is 0 Å². The molecule has 2 rings (SSSR count). The van der Waals surface area contributed by atoms with E-state index in [2.05, 4.69) is 4.74 Å². The molecule has 144 valence electrons. The molecule has 2 aromatic rings. The summed E-state index contributed by atoms with van der Waals surface area (Å²) in [7, 11) is -5.94. The zero-order valence-electron chi connectivity index (χ0n) is 13.1. The Morgan fingerprint density at radius 3 is 2.22 bits per heavy atom. The summed E-state index contributed by atoms with van der Waals surface area (Å²) in [6.45, 7) is 0. The molecule has 8 nitrogen and oxygen atoms in total. The van der Waals surface area contributed by atoms with Crippen molar-refractivity contribution in [1.82, 2.24) is 0 Å². The molecule has 1 unspecified atom stereocenters. The van der Waals surface area contributed by atoms with Crippen molar-refractivity contribution in [3.63, 3.8) is 0 Å². The van der Waals surface area contributed by atoms with Crippen LogP contribution in [0.4, 0.5) is 23.7 Å². The van der Waals surface area contributed by atoms with Crippen molar-refractivity contribution < 1.29 is 41.2 Å². The van der Waals surface area contributed by atoms with Gasteiger partial charge in [0.25, 0.3) is 15.5 Å². The van der Waals surface area contributed by atoms with Gasteiger partial charge in [0.1, 0.15) is 11.0 Å². The molecule has 0 aromatic heterocycles. The second kappa shape index (κ2) is 7.23. The minimum Gasteiger partial charge on any atom is -0.449 e. The number of alkyl halides is 3. The minimum absolute atomic E-state index is 0.370. The second-order valence-corrected chi connectivity index (χ2v) is 7.15. The van der Waals surface area contributed by atoms with Crippen LogP contribution in [0.2, 0.25) is 0 Å². The molecular formula is C15H10F3NO7S. The van der Waals surface area contributed by atoms with Gasteiger partial charge in [-0.3, -0.25) is 10.1 Å². The van der Waals surface area contributed by atoms with E-state index in [9.17, 15) is 36.5 Å². The molecule has 1 atom stereocenters. The van der Waals surface area contributed by atoms with Crippen molar-refractivity contribution >= 4 is 21.7 Å². The number of hydrogen-bond donors (Lipinski definition) is 1. The van der Waals surface area contributed by atoms with Gasteiger partial charge in [-0.1, -0.05) is 30.3 Å². The number of nitrogens with zero attached hydrogens (tertiary/aromatic N) is 1. The molecule has 0 radical (unpaired) electrons. The fourth-order valence-corrected chi connectivity index (χ4v) is 3.63. The molecule has 0 saturated carbocycles. The predicted molar refractivity (Wildman–Crippen MR) is 85.0 cm³/mol. The molecule has 0 aliphatic rings. The van der Waals surface area contributed by atoms with Crippen LogP contribution in [0.15, 0.2) is 48.5 Å². The summed E-state index contributed by atoms with van der Waals surface area (Å²) in [4.78, 5) is 20.8. The Balaban J connectivity index is 2.85. The summed E-state index contributed by atoms with van der Waals surface area (Å²) in [6.07, 6.45) is -1.93. The van der Waals surface area contributed by atoms with E-state index in [0.29, 0.717) is 6.07 Å². The summed E-state index contributed by atoms with van der Waals surface area (Å²) < 4.78 is 68.4. The normalized spacial score (nSPS) is 13.0. The van der Waals surface area contributed by atoms with E-state index in [1.165, 1.54) is 18.2 Å². The van der Waals surface area contributed by atoms with Gasteiger partial charge in [-0.2, -0.15) is 13.2 Å². The number of halogens is 3. The first-order valence-corrected chi connectivity index (χ1v) is 8.54. The van der Waals surface area contributed by atoms with Gasteiger partial charge in [-0.15, -0.1) is 0 Å². The van der Waals surface area contributed by atoms with Crippen LogP contribution >= 0.6 is 0 Å². The van der Waals surface area contributed by atoms with Crippen molar-refractivity contribution in [2.75, 3.05) is 0 Å². The highest BCUT2D eigenvalue weighted by Crippen LogP contribution is 2.44. The molecule has 0 aliphatic heterocycles. The van der Waals surface area contributed by atoms with E-state index < -0.39 is 48.7 Å². The Bertz CT molecular complexity index is 975. The first kappa shape index (κ1) is 20.2. The van der Waals surface area contributed by atoms with Gasteiger partial charge in [0.2, 0.25) is 0 Å². The highest BCUT2D eigenvalue weighted by Gasteiger charge is 2.52. The van der Waals surface area contributed by atoms with E-state index in [1.807, 2.05) is 0 Å². The van der Waals surface area contributed by atoms with Crippen molar-refractivity contribution in [3.05, 3.63) is 69.8 Å². The Kier molecular flexibility index (Phi) is 5.40. The summed E-state index contributed by atoms with van der Waals surface area (Å²) in [5.41, 5.74) is -7.64. The van der Waals surface area contributed by atoms with Gasteiger partial charge in [-0.25, -0.2) is 13.2 Å². The zero-order chi connectivity index (χ0) is 20.4. The number of carbonyl (C=O) groups is 1. The van der Waals surface area contributed by atoms with Gasteiger partial charge in [0.05, 0.1) is 4.92 Å². The lowest BCUT2D eigenvalue weighted by atomic mass is 10.0. The lowest BCUT2D eigenvalue weighted by Gasteiger charge is -2.21. The lowest BCUT2D eigenvalue weighted by Crippen LogP contribution is -2.30. The van der Waals surface area contributed by atoms with Crippen LogP contribution in [-0.4, -0.2) is 30.1 Å². The van der Waals surface area contributed by atoms with Gasteiger partial charge >= 0.3 is 11.7 Å². The summed E-state index contributed by atoms with van der Waals surface area (Å²) in [5, 5.41) is 17.3. The average Bonchev–Trinajstić information content (AvgIpc) is 2.55. The third-order valence-corrected chi connectivity index (χ3v) is 5.21. The Morgan fingerprint density at radius 2 is 1.74 bits per heavy atom. The van der Waals surface area contributed by atoms with Crippen LogP contribution in [0.25, 0.3) is 0 Å². The number of nitro groups is 1. The molecule has 27 heavy (non-hydrogen) atoms. The van der Waals surface area contributed by atoms with Gasteiger partial charge in [-0.05, 0) is 11.6 Å². The van der Waals surface area contributed by atoms with E-state index >= 15 is 0 Å². The number of sulfone groups is 1. The molecule has 0 bridgehead atoms. The SMILES string of the molecule is O=C(O)Oc1ccc([N+](=O)[O-])cc1C(c1ccccc1)S(=O)(=O)C(F)(F)F. The fraction of sp³-hybridized carbons (Fsp3) is 0.133. The Morgan fingerprint density at radius 1 is 1.15 bits per heavy atom. The van der Waals surface area contributed by atoms with Crippen molar-refractivity contribution in [1.29, 1.82) is 0 Å². The summed E-state index contributed by atoms with van der Waals surface area (Å²) in [5.74, 6) is -0.769. The van der Waals surface area contributed by atoms with Crippen LogP contribution in [0.3, 0.4) is 0 Å². The molecule has 12 heteroatoms. The van der Waals surface area contributed by atoms with Crippen LogP contribution in [-0.2, 0) is 9.84 Å². The lowest BCUT2D eigenvalue weighted by molar-refractivity contribution is -0.384. The number of carboxylic acid groups (broad SMARTS) is 1. The van der Waals surface area contributed by atoms with Gasteiger partial charge in [0, 0.05) is 17.7 Å². The topological polar surface area (TPSA) is 124 Å². The highest BCUT2D eigenvalue weighted by molar-refractivity contribution is 7.92. The number of non-ortho nitro benzene ring substituents is 1. The quantitative estimate of drug-likeness (QED) is 0.348. The Hall–Kier alpha value is -3.15. The molecule has 0 amide bonds. The van der Waals surface area contributed by atoms with E-state index in [4.69, 9.17) is 5.11 Å². The number of nitro benzene ring substituents is 1. The highest BCUT2D eigenvalue weighted by atomic mass is 32.2. The van der Waals surface area contributed by atoms with Crippen LogP contribution in [0.5, 0.6) is 5.75 Å². The maximum absolute atomic E-state index is 13.2. The van der Waals surface area contributed by atoms with E-state index in [-0.39, 0.29) is 5.56 Å². The fourth-order valence-electron chi connectivity index (χ4n) is 2.33. The smallest absolute Gasteiger partial charge is 0.449 e. The average molecular weight is 405 g/mol. The molecule has 0 spiro atoms. The largest absolute Gasteiger partial charge is 0.511 e. The molecular weight excluding hydrogens is 395 g/mol. The van der Waals surface area contributed by atoms with Crippen LogP contribution in [0.1, 0.15) is 16.4 Å². The first-order chi connectivity index (χ1) is 12.4. The maximum Gasteiger partial charge on any atom is 0.511 e. The van der Waals surface area contributed by atoms with Crippen molar-refractivity contribution in [2.45, 2.75) is 10.8 Å². The molecule has 2 aromatic carbocycles. The number of ether oxygens (including phenoxy) is 1. The maximum atomic E-state index is 13.2.